The number of amides is 1. The van der Waals surface area contributed by atoms with Crippen molar-refractivity contribution in [3.8, 4) is 0 Å². The number of ether oxygens (including phenoxy) is 1. The van der Waals surface area contributed by atoms with Gasteiger partial charge in [-0.1, -0.05) is 26.2 Å². The van der Waals surface area contributed by atoms with E-state index in [0.717, 1.165) is 45.8 Å². The van der Waals surface area contributed by atoms with E-state index in [2.05, 4.69) is 17.1 Å². The predicted octanol–water partition coefficient (Wildman–Crippen LogP) is 1.93. The average Bonchev–Trinajstić information content (AvgIpc) is 2.47. The Kier molecular flexibility index (Phi) is 9.41. The van der Waals surface area contributed by atoms with Crippen LogP contribution in [0.4, 0.5) is 4.79 Å². The molecule has 1 saturated heterocycles. The molecule has 0 aromatic heterocycles. The minimum atomic E-state index is -0.166. The van der Waals surface area contributed by atoms with Gasteiger partial charge < -0.3 is 15.0 Å². The van der Waals surface area contributed by atoms with E-state index in [0.29, 0.717) is 6.61 Å². The third-order valence-corrected chi connectivity index (χ3v) is 3.71. The number of carbonyl (C=O) groups excluding carboxylic acids is 1. The quantitative estimate of drug-likeness (QED) is 0.658. The zero-order valence-electron chi connectivity index (χ0n) is 13.2. The van der Waals surface area contributed by atoms with Crippen LogP contribution in [0.25, 0.3) is 0 Å². The van der Waals surface area contributed by atoms with Crippen LogP contribution in [-0.2, 0) is 4.74 Å². The Morgan fingerprint density at radius 2 is 1.80 bits per heavy atom. The second kappa shape index (κ2) is 10.9. The molecule has 0 radical (unpaired) electrons. The first kappa shape index (κ1) is 17.2. The summed E-state index contributed by atoms with van der Waals surface area (Å²) >= 11 is 0. The standard InChI is InChI=1S/C15H31N3O2/c1-3-5-6-7-8-16-9-10-17-11-13-18(14-12-17)15(19)20-4-2/h16H,3-14H2,1-2H3. The van der Waals surface area contributed by atoms with Crippen molar-refractivity contribution in [2.24, 2.45) is 0 Å². The fraction of sp³-hybridized carbons (Fsp3) is 0.933. The molecule has 0 aromatic carbocycles. The molecule has 0 bridgehead atoms. The third-order valence-electron chi connectivity index (χ3n) is 3.71. The summed E-state index contributed by atoms with van der Waals surface area (Å²) in [6.07, 6.45) is 5.09. The van der Waals surface area contributed by atoms with Gasteiger partial charge in [0.25, 0.3) is 0 Å². The SMILES string of the molecule is CCCCCCNCCN1CCN(C(=O)OCC)CC1. The van der Waals surface area contributed by atoms with Gasteiger partial charge in [-0.2, -0.15) is 0 Å². The maximum Gasteiger partial charge on any atom is 0.409 e. The van der Waals surface area contributed by atoms with E-state index in [9.17, 15) is 4.79 Å². The van der Waals surface area contributed by atoms with Gasteiger partial charge in [0.05, 0.1) is 6.61 Å². The molecule has 1 aliphatic heterocycles. The zero-order chi connectivity index (χ0) is 14.6. The van der Waals surface area contributed by atoms with Gasteiger partial charge in [0.1, 0.15) is 0 Å². The van der Waals surface area contributed by atoms with E-state index in [1.807, 2.05) is 6.92 Å². The van der Waals surface area contributed by atoms with E-state index < -0.39 is 0 Å². The number of nitrogens with one attached hydrogen (secondary N) is 1. The largest absolute Gasteiger partial charge is 0.450 e. The Morgan fingerprint density at radius 1 is 1.05 bits per heavy atom. The molecule has 118 valence electrons. The second-order valence-corrected chi connectivity index (χ2v) is 5.34. The smallest absolute Gasteiger partial charge is 0.409 e. The average molecular weight is 285 g/mol. The van der Waals surface area contributed by atoms with Crippen molar-refractivity contribution in [3.05, 3.63) is 0 Å². The second-order valence-electron chi connectivity index (χ2n) is 5.34. The number of carbonyl (C=O) groups is 1. The Balaban J connectivity index is 1.98. The van der Waals surface area contributed by atoms with Gasteiger partial charge in [0.15, 0.2) is 0 Å². The Morgan fingerprint density at radius 3 is 2.45 bits per heavy atom. The molecule has 0 saturated carbocycles. The van der Waals surface area contributed by atoms with Crippen LogP contribution < -0.4 is 5.32 Å². The molecule has 1 amide bonds. The molecule has 1 N–H and O–H groups in total. The fourth-order valence-electron chi connectivity index (χ4n) is 2.41. The third kappa shape index (κ3) is 7.10. The molecule has 5 nitrogen and oxygen atoms in total. The lowest BCUT2D eigenvalue weighted by Gasteiger charge is -2.34. The molecule has 0 atom stereocenters. The van der Waals surface area contributed by atoms with Gasteiger partial charge in [0, 0.05) is 39.3 Å². The normalized spacial score (nSPS) is 16.4. The topological polar surface area (TPSA) is 44.8 Å². The minimum Gasteiger partial charge on any atom is -0.450 e. The summed E-state index contributed by atoms with van der Waals surface area (Å²) in [5.41, 5.74) is 0. The van der Waals surface area contributed by atoms with Crippen molar-refractivity contribution in [2.75, 3.05) is 52.4 Å². The molecule has 1 heterocycles. The summed E-state index contributed by atoms with van der Waals surface area (Å²) < 4.78 is 5.02. The van der Waals surface area contributed by atoms with Crippen LogP contribution in [0.1, 0.15) is 39.5 Å². The van der Waals surface area contributed by atoms with Crippen molar-refractivity contribution in [3.63, 3.8) is 0 Å². The lowest BCUT2D eigenvalue weighted by Crippen LogP contribution is -2.50. The molecule has 1 rings (SSSR count). The highest BCUT2D eigenvalue weighted by molar-refractivity contribution is 5.67. The van der Waals surface area contributed by atoms with Crippen LogP contribution >= 0.6 is 0 Å². The van der Waals surface area contributed by atoms with Crippen LogP contribution in [-0.4, -0.2) is 68.3 Å². The lowest BCUT2D eigenvalue weighted by atomic mass is 10.2. The number of rotatable bonds is 9. The molecule has 0 unspecified atom stereocenters. The monoisotopic (exact) mass is 285 g/mol. The van der Waals surface area contributed by atoms with Crippen molar-refractivity contribution < 1.29 is 9.53 Å². The molecule has 0 aromatic rings. The van der Waals surface area contributed by atoms with Gasteiger partial charge in [-0.25, -0.2) is 4.79 Å². The molecule has 5 heteroatoms. The van der Waals surface area contributed by atoms with E-state index in [4.69, 9.17) is 4.74 Å². The van der Waals surface area contributed by atoms with E-state index in [1.165, 1.54) is 25.7 Å². The summed E-state index contributed by atoms with van der Waals surface area (Å²) in [5.74, 6) is 0. The number of hydrogen-bond donors (Lipinski definition) is 1. The van der Waals surface area contributed by atoms with Crippen molar-refractivity contribution in [2.45, 2.75) is 39.5 Å². The molecular weight excluding hydrogens is 254 g/mol. The first-order valence-electron chi connectivity index (χ1n) is 8.12. The first-order chi connectivity index (χ1) is 9.77. The van der Waals surface area contributed by atoms with E-state index in [1.54, 1.807) is 4.90 Å². The molecule has 1 fully saturated rings. The number of piperazine rings is 1. The Labute approximate surface area is 123 Å². The highest BCUT2D eigenvalue weighted by Gasteiger charge is 2.21. The summed E-state index contributed by atoms with van der Waals surface area (Å²) in [4.78, 5) is 15.8. The van der Waals surface area contributed by atoms with Gasteiger partial charge >= 0.3 is 6.09 Å². The van der Waals surface area contributed by atoms with Crippen molar-refractivity contribution >= 4 is 6.09 Å². The molecule has 20 heavy (non-hydrogen) atoms. The molecule has 1 aliphatic rings. The van der Waals surface area contributed by atoms with E-state index in [-0.39, 0.29) is 6.09 Å². The summed E-state index contributed by atoms with van der Waals surface area (Å²) in [6.45, 7) is 11.3. The number of hydrogen-bond acceptors (Lipinski definition) is 4. The van der Waals surface area contributed by atoms with Gasteiger partial charge in [-0.05, 0) is 19.9 Å². The fourth-order valence-corrected chi connectivity index (χ4v) is 2.41. The maximum atomic E-state index is 11.6. The van der Waals surface area contributed by atoms with Crippen LogP contribution in [0.15, 0.2) is 0 Å². The zero-order valence-corrected chi connectivity index (χ0v) is 13.2. The van der Waals surface area contributed by atoms with Crippen LogP contribution in [0.5, 0.6) is 0 Å². The van der Waals surface area contributed by atoms with Gasteiger partial charge in [0.2, 0.25) is 0 Å². The number of nitrogens with zero attached hydrogens (tertiary/aromatic N) is 2. The van der Waals surface area contributed by atoms with Crippen molar-refractivity contribution in [1.29, 1.82) is 0 Å². The summed E-state index contributed by atoms with van der Waals surface area (Å²) in [7, 11) is 0. The van der Waals surface area contributed by atoms with Crippen molar-refractivity contribution in [1.82, 2.24) is 15.1 Å². The van der Waals surface area contributed by atoms with Crippen LogP contribution in [0.2, 0.25) is 0 Å². The Bertz CT molecular complexity index is 254. The van der Waals surface area contributed by atoms with Gasteiger partial charge in [-0.3, -0.25) is 4.90 Å². The maximum absolute atomic E-state index is 11.6. The van der Waals surface area contributed by atoms with Crippen LogP contribution in [0.3, 0.4) is 0 Å². The Hall–Kier alpha value is -0.810. The highest BCUT2D eigenvalue weighted by atomic mass is 16.6. The molecule has 0 aliphatic carbocycles. The lowest BCUT2D eigenvalue weighted by molar-refractivity contribution is 0.0799. The van der Waals surface area contributed by atoms with Crippen LogP contribution in [0, 0.1) is 0 Å². The molecule has 0 spiro atoms. The summed E-state index contributed by atoms with van der Waals surface area (Å²) in [6, 6.07) is 0. The highest BCUT2D eigenvalue weighted by Crippen LogP contribution is 2.03. The summed E-state index contributed by atoms with van der Waals surface area (Å²) in [5, 5.41) is 3.50. The van der Waals surface area contributed by atoms with E-state index >= 15 is 0 Å². The number of unbranched alkanes of at least 4 members (excludes halogenated alkanes) is 3. The molecular formula is C15H31N3O2. The van der Waals surface area contributed by atoms with Gasteiger partial charge in [-0.15, -0.1) is 0 Å². The first-order valence-corrected chi connectivity index (χ1v) is 8.12. The predicted molar refractivity (Wildman–Crippen MR) is 82.0 cm³/mol. The minimum absolute atomic E-state index is 0.166.